The minimum Gasteiger partial charge on any atom is -0.463 e. The molecule has 480 valence electrons. The number of hydrogen-bond donors (Lipinski definition) is 3. The van der Waals surface area contributed by atoms with Crippen LogP contribution in [0, 0.1) is 0 Å². The molecule has 10 rings (SSSR count). The van der Waals surface area contributed by atoms with Crippen LogP contribution in [0.1, 0.15) is 130 Å². The molecule has 2 aliphatic rings. The van der Waals surface area contributed by atoms with Gasteiger partial charge in [0.2, 0.25) is 0 Å². The average molecular weight is 1250 g/mol. The number of anilines is 2. The van der Waals surface area contributed by atoms with Gasteiger partial charge in [0, 0.05) is 110 Å². The highest BCUT2D eigenvalue weighted by Gasteiger charge is 2.33. The molecule has 0 radical (unpaired) electrons. The van der Waals surface area contributed by atoms with E-state index < -0.39 is 46.2 Å². The van der Waals surface area contributed by atoms with Crippen molar-refractivity contribution in [3.05, 3.63) is 156 Å². The smallest absolute Gasteiger partial charge is 0.435 e. The summed E-state index contributed by atoms with van der Waals surface area (Å²) in [6, 6.07) is 29.7. The summed E-state index contributed by atoms with van der Waals surface area (Å²) in [5, 5.41) is 25.0. The van der Waals surface area contributed by atoms with Crippen LogP contribution < -0.4 is 10.6 Å². The van der Waals surface area contributed by atoms with Crippen LogP contribution in [0.25, 0.3) is 44.1 Å². The Morgan fingerprint density at radius 2 is 0.826 bits per heavy atom. The molecule has 4 aromatic carbocycles. The molecule has 0 spiro atoms. The first-order chi connectivity index (χ1) is 43.3. The standard InChI is InChI=1S/2C34H38N6O6/c1-33(2,3)45-31(43)39-19-17-38(18-20-39)30(42)23-9-7-22(8-10-23)24-11-12-27-26(21-24)28(29(41)36-25-13-15-35-16-14-25)37-40(27)32(44)46-34(4,5)6;1-33(2,3)27-24(11-12-25-26(27)28(37-40(25)31(43)44)29(41)36-23-13-15-35-16-14-23)21-7-9-22(10-8-21)30(42)38-17-19-39(20-18-38)32(45)46-34(4,5)6/h7-16,21H,17-20H2,1-6H3,(H,35,36,41);7-16H,17-20H2,1-6H3,(H,43,44)(H,35,36,41). The molecule has 0 unspecified atom stereocenters. The van der Waals surface area contributed by atoms with Crippen molar-refractivity contribution in [2.75, 3.05) is 63.0 Å². The predicted octanol–water partition coefficient (Wildman–Crippen LogP) is 11.7. The molecular formula is C68H76N12O12. The molecule has 4 aromatic heterocycles. The van der Waals surface area contributed by atoms with Crippen LogP contribution in [0.15, 0.2) is 128 Å². The van der Waals surface area contributed by atoms with E-state index in [0.717, 1.165) is 37.2 Å². The minimum atomic E-state index is -1.31. The molecule has 2 fully saturated rings. The van der Waals surface area contributed by atoms with Crippen molar-refractivity contribution in [1.82, 2.24) is 49.1 Å². The maximum Gasteiger partial charge on any atom is 0.435 e. The van der Waals surface area contributed by atoms with E-state index >= 15 is 0 Å². The van der Waals surface area contributed by atoms with Gasteiger partial charge in [0.05, 0.1) is 11.0 Å². The van der Waals surface area contributed by atoms with Crippen LogP contribution in [0.4, 0.5) is 30.6 Å². The quantitative estimate of drug-likeness (QED) is 0.119. The number of carbonyl (C=O) groups excluding carboxylic acids is 7. The summed E-state index contributed by atoms with van der Waals surface area (Å²) in [4.78, 5) is 118. The van der Waals surface area contributed by atoms with E-state index in [2.05, 4.69) is 30.8 Å². The molecule has 24 heteroatoms. The summed E-state index contributed by atoms with van der Waals surface area (Å²) >= 11 is 0. The largest absolute Gasteiger partial charge is 0.463 e. The number of rotatable bonds is 8. The number of nitrogens with zero attached hydrogens (tertiary/aromatic N) is 10. The van der Waals surface area contributed by atoms with Crippen LogP contribution in [-0.4, -0.2) is 171 Å². The van der Waals surface area contributed by atoms with Gasteiger partial charge in [-0.3, -0.25) is 29.1 Å². The zero-order valence-corrected chi connectivity index (χ0v) is 53.7. The SMILES string of the molecule is CC(C)(C)OC(=O)N1CCN(C(=O)c2ccc(-c3ccc4c(c(C(=O)Nc5ccncc5)nn4C(=O)O)c3C(C)(C)C)cc2)CC1.CC(C)(C)OC(=O)N1CCN(C(=O)c2ccc(-c3ccc4c(c3)c(C(=O)Nc3ccncc3)nn4C(=O)OC(C)(C)C)cc2)CC1. The minimum absolute atomic E-state index is 0.0155. The first-order valence-electron chi connectivity index (χ1n) is 30.1. The first-order valence-corrected chi connectivity index (χ1v) is 30.1. The summed E-state index contributed by atoms with van der Waals surface area (Å²) in [5.41, 5.74) is 4.22. The second-order valence-electron chi connectivity index (χ2n) is 26.2. The number of carbonyl (C=O) groups is 8. The van der Waals surface area contributed by atoms with Crippen molar-refractivity contribution in [3.63, 3.8) is 0 Å². The molecule has 92 heavy (non-hydrogen) atoms. The van der Waals surface area contributed by atoms with Crippen molar-refractivity contribution >= 4 is 81.2 Å². The van der Waals surface area contributed by atoms with E-state index in [0.29, 0.717) is 96.7 Å². The summed E-state index contributed by atoms with van der Waals surface area (Å²) in [5.74, 6) is -1.31. The van der Waals surface area contributed by atoms with Crippen molar-refractivity contribution in [2.45, 2.75) is 105 Å². The van der Waals surface area contributed by atoms with E-state index in [1.54, 1.807) is 132 Å². The van der Waals surface area contributed by atoms with E-state index in [1.165, 1.54) is 0 Å². The molecule has 2 aliphatic heterocycles. The Bertz CT molecular complexity index is 4090. The Labute approximate surface area is 532 Å². The van der Waals surface area contributed by atoms with Crippen LogP contribution >= 0.6 is 0 Å². The van der Waals surface area contributed by atoms with Crippen molar-refractivity contribution in [3.8, 4) is 22.3 Å². The third-order valence-electron chi connectivity index (χ3n) is 14.7. The normalized spacial score (nSPS) is 13.8. The topological polar surface area (TPSA) is 283 Å². The van der Waals surface area contributed by atoms with Gasteiger partial charge in [-0.25, -0.2) is 19.2 Å². The lowest BCUT2D eigenvalue weighted by molar-refractivity contribution is 0.0136. The number of pyridine rings is 2. The van der Waals surface area contributed by atoms with Gasteiger partial charge in [-0.2, -0.15) is 19.6 Å². The second kappa shape index (κ2) is 26.5. The van der Waals surface area contributed by atoms with Gasteiger partial charge in [0.1, 0.15) is 16.8 Å². The van der Waals surface area contributed by atoms with Crippen molar-refractivity contribution < 1.29 is 57.7 Å². The fraction of sp³-hybridized carbons (Fsp3) is 0.353. The molecule has 6 amide bonds. The number of carboxylic acid groups (broad SMARTS) is 1. The second-order valence-corrected chi connectivity index (χ2v) is 26.2. The third-order valence-corrected chi connectivity index (χ3v) is 14.7. The molecular weight excluding hydrogens is 1180 g/mol. The zero-order chi connectivity index (χ0) is 66.6. The number of aromatic nitrogens is 6. The van der Waals surface area contributed by atoms with E-state index in [-0.39, 0.29) is 35.4 Å². The van der Waals surface area contributed by atoms with Gasteiger partial charge in [-0.1, -0.05) is 57.2 Å². The molecule has 0 atom stereocenters. The van der Waals surface area contributed by atoms with Crippen molar-refractivity contribution in [1.29, 1.82) is 0 Å². The van der Waals surface area contributed by atoms with Gasteiger partial charge < -0.3 is 49.6 Å². The predicted molar refractivity (Wildman–Crippen MR) is 346 cm³/mol. The van der Waals surface area contributed by atoms with E-state index in [4.69, 9.17) is 14.2 Å². The van der Waals surface area contributed by atoms with Gasteiger partial charge in [0.15, 0.2) is 11.4 Å². The molecule has 2 saturated heterocycles. The molecule has 0 bridgehead atoms. The highest BCUT2D eigenvalue weighted by molar-refractivity contribution is 6.15. The highest BCUT2D eigenvalue weighted by atomic mass is 16.6. The van der Waals surface area contributed by atoms with Crippen LogP contribution in [0.3, 0.4) is 0 Å². The number of amides is 6. The molecule has 3 N–H and O–H groups in total. The molecule has 0 saturated carbocycles. The number of benzene rings is 4. The van der Waals surface area contributed by atoms with Crippen LogP contribution in [0.5, 0.6) is 0 Å². The lowest BCUT2D eigenvalue weighted by Gasteiger charge is -2.35. The summed E-state index contributed by atoms with van der Waals surface area (Å²) in [7, 11) is 0. The molecule has 6 heterocycles. The van der Waals surface area contributed by atoms with E-state index in [1.807, 2.05) is 98.7 Å². The monoisotopic (exact) mass is 1250 g/mol. The van der Waals surface area contributed by atoms with Gasteiger partial charge in [0.25, 0.3) is 23.6 Å². The summed E-state index contributed by atoms with van der Waals surface area (Å²) < 4.78 is 18.4. The van der Waals surface area contributed by atoms with Gasteiger partial charge in [-0.15, -0.1) is 0 Å². The van der Waals surface area contributed by atoms with Crippen LogP contribution in [-0.2, 0) is 19.6 Å². The van der Waals surface area contributed by atoms with Crippen LogP contribution in [0.2, 0.25) is 0 Å². The lowest BCUT2D eigenvalue weighted by atomic mass is 9.79. The Hall–Kier alpha value is -10.5. The summed E-state index contributed by atoms with van der Waals surface area (Å²) in [6.07, 6.45) is 3.42. The number of piperazine rings is 2. The zero-order valence-electron chi connectivity index (χ0n) is 53.7. The molecule has 0 aliphatic carbocycles. The van der Waals surface area contributed by atoms with Crippen molar-refractivity contribution in [2.24, 2.45) is 0 Å². The fourth-order valence-electron chi connectivity index (χ4n) is 10.5. The summed E-state index contributed by atoms with van der Waals surface area (Å²) in [6.45, 7) is 25.3. The molecule has 8 aromatic rings. The Balaban J connectivity index is 0.000000217. The average Bonchev–Trinajstić information content (AvgIpc) is 1.54. The van der Waals surface area contributed by atoms with Gasteiger partial charge in [-0.05, 0) is 162 Å². The highest BCUT2D eigenvalue weighted by Crippen LogP contribution is 2.41. The fourth-order valence-corrected chi connectivity index (χ4v) is 10.5. The Kier molecular flexibility index (Phi) is 19.0. The first kappa shape index (κ1) is 65.9. The Morgan fingerprint density at radius 1 is 0.435 bits per heavy atom. The number of hydrogen-bond acceptors (Lipinski definition) is 15. The number of nitrogens with one attached hydrogen (secondary N) is 2. The maximum absolute atomic E-state index is 13.5. The Morgan fingerprint density at radius 3 is 1.26 bits per heavy atom. The maximum atomic E-state index is 13.5. The molecule has 24 nitrogen and oxygen atoms in total. The lowest BCUT2D eigenvalue weighted by Crippen LogP contribution is -2.51. The van der Waals surface area contributed by atoms with E-state index in [9.17, 15) is 43.5 Å². The number of fused-ring (bicyclic) bond motifs is 2. The third kappa shape index (κ3) is 15.7. The van der Waals surface area contributed by atoms with Gasteiger partial charge >= 0.3 is 24.4 Å². The number of ether oxygens (including phenoxy) is 3.